The molecule has 25 heavy (non-hydrogen) atoms. The number of benzene rings is 1. The van der Waals surface area contributed by atoms with Gasteiger partial charge in [-0.05, 0) is 29.1 Å². The van der Waals surface area contributed by atoms with E-state index in [-0.39, 0.29) is 6.61 Å². The number of ether oxygens (including phenoxy) is 1. The van der Waals surface area contributed by atoms with E-state index in [0.29, 0.717) is 18.2 Å². The average molecular weight is 360 g/mol. The second-order valence-electron chi connectivity index (χ2n) is 5.63. The molecule has 1 atom stereocenters. The Labute approximate surface area is 152 Å². The van der Waals surface area contributed by atoms with Crippen molar-refractivity contribution in [2.24, 2.45) is 10.7 Å². The standard InChI is InChI=1S/C18H24N4O2S/c1-13(16-7-4-8-25-16)10-21-18(20-2)22-11-14-5-3-6-15(9-14)24-12-17(19)23/h3-9,13H,10-12H2,1-2H3,(H2,19,23)(H2,20,21,22). The number of carbonyl (C=O) groups is 1. The molecule has 6 nitrogen and oxygen atoms in total. The lowest BCUT2D eigenvalue weighted by molar-refractivity contribution is -0.119. The minimum Gasteiger partial charge on any atom is -0.484 e. The van der Waals surface area contributed by atoms with Crippen molar-refractivity contribution in [2.75, 3.05) is 20.2 Å². The van der Waals surface area contributed by atoms with Crippen LogP contribution in [0.5, 0.6) is 5.75 Å². The van der Waals surface area contributed by atoms with Gasteiger partial charge in [-0.1, -0.05) is 25.1 Å². The van der Waals surface area contributed by atoms with E-state index in [0.717, 1.165) is 18.1 Å². The molecule has 0 bridgehead atoms. The van der Waals surface area contributed by atoms with Gasteiger partial charge in [-0.25, -0.2) is 0 Å². The maximum atomic E-state index is 10.8. The van der Waals surface area contributed by atoms with Crippen LogP contribution in [0.4, 0.5) is 0 Å². The van der Waals surface area contributed by atoms with Crippen molar-refractivity contribution < 1.29 is 9.53 Å². The van der Waals surface area contributed by atoms with Crippen LogP contribution in [0.15, 0.2) is 46.8 Å². The molecule has 134 valence electrons. The van der Waals surface area contributed by atoms with Gasteiger partial charge in [0.05, 0.1) is 0 Å². The van der Waals surface area contributed by atoms with Crippen LogP contribution in [0.25, 0.3) is 0 Å². The SMILES string of the molecule is CN=C(NCc1cccc(OCC(N)=O)c1)NCC(C)c1cccs1. The maximum Gasteiger partial charge on any atom is 0.255 e. The van der Waals surface area contributed by atoms with Gasteiger partial charge in [-0.2, -0.15) is 0 Å². The van der Waals surface area contributed by atoms with Crippen LogP contribution in [0.1, 0.15) is 23.3 Å². The van der Waals surface area contributed by atoms with Gasteiger partial charge < -0.3 is 21.1 Å². The first-order chi connectivity index (χ1) is 12.1. The summed E-state index contributed by atoms with van der Waals surface area (Å²) >= 11 is 1.76. The summed E-state index contributed by atoms with van der Waals surface area (Å²) in [5.74, 6) is 1.29. The molecule has 2 rings (SSSR count). The lowest BCUT2D eigenvalue weighted by Gasteiger charge is -2.15. The van der Waals surface area contributed by atoms with Gasteiger partial charge in [0.2, 0.25) is 0 Å². The van der Waals surface area contributed by atoms with Crippen LogP contribution in [0.2, 0.25) is 0 Å². The van der Waals surface area contributed by atoms with Crippen molar-refractivity contribution in [3.05, 3.63) is 52.2 Å². The van der Waals surface area contributed by atoms with Crippen LogP contribution in [0, 0.1) is 0 Å². The van der Waals surface area contributed by atoms with E-state index in [1.54, 1.807) is 24.5 Å². The molecule has 1 aromatic heterocycles. The molecule has 1 aromatic carbocycles. The Morgan fingerprint density at radius 3 is 2.84 bits per heavy atom. The Hall–Kier alpha value is -2.54. The molecule has 0 saturated carbocycles. The second kappa shape index (κ2) is 9.68. The number of amides is 1. The first-order valence-electron chi connectivity index (χ1n) is 8.06. The molecule has 0 aliphatic carbocycles. The number of hydrogen-bond acceptors (Lipinski definition) is 4. The Balaban J connectivity index is 1.82. The zero-order valence-corrected chi connectivity index (χ0v) is 15.3. The third-order valence-corrected chi connectivity index (χ3v) is 4.67. The topological polar surface area (TPSA) is 88.7 Å². The van der Waals surface area contributed by atoms with Crippen LogP contribution in [0.3, 0.4) is 0 Å². The highest BCUT2D eigenvalue weighted by Crippen LogP contribution is 2.19. The fourth-order valence-electron chi connectivity index (χ4n) is 2.23. The van der Waals surface area contributed by atoms with Gasteiger partial charge in [-0.3, -0.25) is 9.79 Å². The van der Waals surface area contributed by atoms with Gasteiger partial charge in [0.1, 0.15) is 5.75 Å². The fourth-order valence-corrected chi connectivity index (χ4v) is 3.02. The number of guanidine groups is 1. The monoisotopic (exact) mass is 360 g/mol. The smallest absolute Gasteiger partial charge is 0.255 e. The molecule has 0 aliphatic rings. The van der Waals surface area contributed by atoms with Crippen molar-refractivity contribution in [3.8, 4) is 5.75 Å². The largest absolute Gasteiger partial charge is 0.484 e. The highest BCUT2D eigenvalue weighted by atomic mass is 32.1. The molecule has 7 heteroatoms. The average Bonchev–Trinajstić information content (AvgIpc) is 3.15. The number of primary amides is 1. The summed E-state index contributed by atoms with van der Waals surface area (Å²) < 4.78 is 5.31. The summed E-state index contributed by atoms with van der Waals surface area (Å²) in [6.07, 6.45) is 0. The number of nitrogens with zero attached hydrogens (tertiary/aromatic N) is 1. The number of carbonyl (C=O) groups excluding carboxylic acids is 1. The molecule has 0 fully saturated rings. The zero-order chi connectivity index (χ0) is 18.1. The predicted molar refractivity (Wildman–Crippen MR) is 102 cm³/mol. The maximum absolute atomic E-state index is 10.8. The molecule has 0 radical (unpaired) electrons. The number of nitrogens with two attached hydrogens (primary N) is 1. The van der Waals surface area contributed by atoms with E-state index in [9.17, 15) is 4.79 Å². The summed E-state index contributed by atoms with van der Waals surface area (Å²) in [6.45, 7) is 3.47. The number of rotatable bonds is 8. The zero-order valence-electron chi connectivity index (χ0n) is 14.5. The summed E-state index contributed by atoms with van der Waals surface area (Å²) in [5, 5.41) is 8.70. The summed E-state index contributed by atoms with van der Waals surface area (Å²) in [6, 6.07) is 11.7. The minimum atomic E-state index is -0.493. The van der Waals surface area contributed by atoms with E-state index >= 15 is 0 Å². The molecular weight excluding hydrogens is 336 g/mol. The number of nitrogens with one attached hydrogen (secondary N) is 2. The van der Waals surface area contributed by atoms with Gasteiger partial charge >= 0.3 is 0 Å². The number of aliphatic imine (C=N–C) groups is 1. The third-order valence-electron chi connectivity index (χ3n) is 3.57. The molecule has 0 saturated heterocycles. The molecule has 0 spiro atoms. The van der Waals surface area contributed by atoms with Crippen LogP contribution in [-0.4, -0.2) is 32.1 Å². The molecular formula is C18H24N4O2S. The van der Waals surface area contributed by atoms with Gasteiger partial charge in [-0.15, -0.1) is 11.3 Å². The molecule has 1 unspecified atom stereocenters. The van der Waals surface area contributed by atoms with Gasteiger partial charge in [0.15, 0.2) is 12.6 Å². The predicted octanol–water partition coefficient (Wildman–Crippen LogP) is 2.08. The van der Waals surface area contributed by atoms with Gasteiger partial charge in [0, 0.05) is 30.9 Å². The van der Waals surface area contributed by atoms with Crippen LogP contribution < -0.4 is 21.1 Å². The highest BCUT2D eigenvalue weighted by Gasteiger charge is 2.07. The molecule has 1 heterocycles. The molecule has 2 aromatic rings. The minimum absolute atomic E-state index is 0.124. The Kier molecular flexibility index (Phi) is 7.28. The normalized spacial score (nSPS) is 12.5. The summed E-state index contributed by atoms with van der Waals surface area (Å²) in [4.78, 5) is 16.4. The van der Waals surface area contributed by atoms with Crippen molar-refractivity contribution >= 4 is 23.2 Å². The van der Waals surface area contributed by atoms with E-state index in [4.69, 9.17) is 10.5 Å². The Bertz CT molecular complexity index is 701. The highest BCUT2D eigenvalue weighted by molar-refractivity contribution is 7.10. The molecule has 1 amide bonds. The van der Waals surface area contributed by atoms with Crippen molar-refractivity contribution in [3.63, 3.8) is 0 Å². The summed E-state index contributed by atoms with van der Waals surface area (Å²) in [7, 11) is 1.75. The quantitative estimate of drug-likeness (QED) is 0.497. The van der Waals surface area contributed by atoms with E-state index in [2.05, 4.69) is 40.1 Å². The lowest BCUT2D eigenvalue weighted by Crippen LogP contribution is -2.38. The second-order valence-corrected chi connectivity index (χ2v) is 6.60. The van der Waals surface area contributed by atoms with Gasteiger partial charge in [0.25, 0.3) is 5.91 Å². The lowest BCUT2D eigenvalue weighted by atomic mass is 10.1. The van der Waals surface area contributed by atoms with Crippen molar-refractivity contribution in [2.45, 2.75) is 19.4 Å². The van der Waals surface area contributed by atoms with E-state index in [1.807, 2.05) is 18.2 Å². The third kappa shape index (κ3) is 6.46. The van der Waals surface area contributed by atoms with Crippen molar-refractivity contribution in [1.82, 2.24) is 10.6 Å². The fraction of sp³-hybridized carbons (Fsp3) is 0.333. The Morgan fingerprint density at radius 1 is 1.32 bits per heavy atom. The van der Waals surface area contributed by atoms with Crippen LogP contribution in [-0.2, 0) is 11.3 Å². The van der Waals surface area contributed by atoms with E-state index < -0.39 is 5.91 Å². The first kappa shape index (κ1) is 18.8. The van der Waals surface area contributed by atoms with Crippen molar-refractivity contribution in [1.29, 1.82) is 0 Å². The first-order valence-corrected chi connectivity index (χ1v) is 8.94. The van der Waals surface area contributed by atoms with E-state index in [1.165, 1.54) is 4.88 Å². The number of thiophene rings is 1. The molecule has 0 aliphatic heterocycles. The number of hydrogen-bond donors (Lipinski definition) is 3. The summed E-state index contributed by atoms with van der Waals surface area (Å²) in [5.41, 5.74) is 6.11. The Morgan fingerprint density at radius 2 is 2.16 bits per heavy atom. The van der Waals surface area contributed by atoms with Crippen LogP contribution >= 0.6 is 11.3 Å². The molecule has 4 N–H and O–H groups in total.